The fourth-order valence-electron chi connectivity index (χ4n) is 5.31. The molecule has 0 saturated carbocycles. The quantitative estimate of drug-likeness (QED) is 0.436. The summed E-state index contributed by atoms with van der Waals surface area (Å²) in [6.07, 6.45) is 4.44. The molecule has 1 heterocycles. The zero-order chi connectivity index (χ0) is 24.5. The van der Waals surface area contributed by atoms with Crippen LogP contribution in [0.15, 0.2) is 21.9 Å². The second-order valence-corrected chi connectivity index (χ2v) is 11.5. The molecule has 184 valence electrons. The Morgan fingerprint density at radius 2 is 1.28 bits per heavy atom. The van der Waals surface area contributed by atoms with Gasteiger partial charge in [-0.05, 0) is 68.6 Å². The second-order valence-electron chi connectivity index (χ2n) is 8.73. The van der Waals surface area contributed by atoms with Gasteiger partial charge in [0.25, 0.3) is 20.2 Å². The fraction of sp³-hybridized carbons (Fsp3) is 0.714. The summed E-state index contributed by atoms with van der Waals surface area (Å²) < 4.78 is 71.9. The van der Waals surface area contributed by atoms with Crippen molar-refractivity contribution >= 4 is 20.2 Å². The molecule has 0 aliphatic carbocycles. The summed E-state index contributed by atoms with van der Waals surface area (Å²) in [4.78, 5) is -1.42. The van der Waals surface area contributed by atoms with E-state index in [9.17, 15) is 31.1 Å². The van der Waals surface area contributed by atoms with Crippen LogP contribution in [0.2, 0.25) is 0 Å². The standard InChI is InChI=1S/C21H35NO8S2/c1-6-20(7-2)13-16(14-21(8-3,9-4)22(20)23)10-15-11-17(31(24,25)26)19(30-5)18(12-15)32(27,28)29/h11-12,16,23H,6-10,13-14H2,1-5H3,(H,24,25,26)(H,27,28,29). The van der Waals surface area contributed by atoms with Crippen LogP contribution in [0.5, 0.6) is 5.75 Å². The third-order valence-corrected chi connectivity index (χ3v) is 8.95. The SMILES string of the molecule is CCC1(CC)CC(Cc2cc(S(=O)(=O)O)c(OC)c(S(=O)(=O)O)c2)CC(CC)(CC)N1O. The molecule has 0 amide bonds. The highest BCUT2D eigenvalue weighted by atomic mass is 32.2. The lowest BCUT2D eigenvalue weighted by molar-refractivity contribution is -0.275. The van der Waals surface area contributed by atoms with Gasteiger partial charge in [0.1, 0.15) is 9.79 Å². The van der Waals surface area contributed by atoms with E-state index in [4.69, 9.17) is 4.74 Å². The van der Waals surface area contributed by atoms with Gasteiger partial charge in [-0.25, -0.2) is 0 Å². The molecule has 0 unspecified atom stereocenters. The maximum atomic E-state index is 11.9. The Morgan fingerprint density at radius 1 is 0.906 bits per heavy atom. The lowest BCUT2D eigenvalue weighted by atomic mass is 9.67. The topological polar surface area (TPSA) is 141 Å². The number of methoxy groups -OCH3 is 1. The summed E-state index contributed by atoms with van der Waals surface area (Å²) in [5, 5.41) is 12.7. The Bertz CT molecular complexity index is 953. The third kappa shape index (κ3) is 4.97. The van der Waals surface area contributed by atoms with Gasteiger partial charge in [-0.15, -0.1) is 0 Å². The Balaban J connectivity index is 2.62. The third-order valence-electron chi connectivity index (χ3n) is 7.23. The van der Waals surface area contributed by atoms with Crippen LogP contribution in [0.3, 0.4) is 0 Å². The van der Waals surface area contributed by atoms with E-state index in [2.05, 4.69) is 0 Å². The second kappa shape index (κ2) is 9.55. The van der Waals surface area contributed by atoms with Crippen LogP contribution in [0, 0.1) is 5.92 Å². The molecule has 0 aromatic heterocycles. The molecule has 0 radical (unpaired) electrons. The molecule has 0 bridgehead atoms. The van der Waals surface area contributed by atoms with E-state index in [0.29, 0.717) is 50.5 Å². The maximum absolute atomic E-state index is 11.9. The number of piperidine rings is 1. The zero-order valence-corrected chi connectivity index (χ0v) is 21.0. The van der Waals surface area contributed by atoms with Crippen LogP contribution < -0.4 is 4.74 Å². The van der Waals surface area contributed by atoms with Crippen molar-refractivity contribution in [2.75, 3.05) is 7.11 Å². The molecule has 32 heavy (non-hydrogen) atoms. The number of hydroxylamine groups is 2. The highest BCUT2D eigenvalue weighted by Gasteiger charge is 2.51. The summed E-state index contributed by atoms with van der Waals surface area (Å²) in [5.41, 5.74) is -0.581. The van der Waals surface area contributed by atoms with Gasteiger partial charge in [0.05, 0.1) is 7.11 Å². The van der Waals surface area contributed by atoms with Crippen LogP contribution in [-0.2, 0) is 26.7 Å². The van der Waals surface area contributed by atoms with Gasteiger partial charge in [0, 0.05) is 11.1 Å². The monoisotopic (exact) mass is 493 g/mol. The first-order valence-corrected chi connectivity index (χ1v) is 13.8. The van der Waals surface area contributed by atoms with Crippen LogP contribution in [0.4, 0.5) is 0 Å². The molecule has 1 saturated heterocycles. The van der Waals surface area contributed by atoms with Crippen LogP contribution >= 0.6 is 0 Å². The van der Waals surface area contributed by atoms with Crippen LogP contribution in [-0.4, -0.2) is 54.4 Å². The van der Waals surface area contributed by atoms with Crippen molar-refractivity contribution in [1.29, 1.82) is 0 Å². The van der Waals surface area contributed by atoms with Gasteiger partial charge in [-0.3, -0.25) is 9.11 Å². The van der Waals surface area contributed by atoms with Gasteiger partial charge in [0.15, 0.2) is 5.75 Å². The minimum Gasteiger partial charge on any atom is -0.494 e. The smallest absolute Gasteiger partial charge is 0.298 e. The molecule has 1 aromatic carbocycles. The molecule has 0 atom stereocenters. The maximum Gasteiger partial charge on any atom is 0.298 e. The van der Waals surface area contributed by atoms with E-state index in [1.807, 2.05) is 27.7 Å². The highest BCUT2D eigenvalue weighted by molar-refractivity contribution is 7.86. The van der Waals surface area contributed by atoms with Gasteiger partial charge < -0.3 is 9.94 Å². The summed E-state index contributed by atoms with van der Waals surface area (Å²) in [6, 6.07) is 2.38. The van der Waals surface area contributed by atoms with Gasteiger partial charge in [0.2, 0.25) is 0 Å². The highest BCUT2D eigenvalue weighted by Crippen LogP contribution is 2.48. The number of hydrogen-bond donors (Lipinski definition) is 3. The molecule has 1 aliphatic heterocycles. The number of nitrogens with zero attached hydrogens (tertiary/aromatic N) is 1. The predicted molar refractivity (Wildman–Crippen MR) is 119 cm³/mol. The van der Waals surface area contributed by atoms with Crippen molar-refractivity contribution in [3.63, 3.8) is 0 Å². The van der Waals surface area contributed by atoms with Crippen molar-refractivity contribution in [1.82, 2.24) is 5.06 Å². The van der Waals surface area contributed by atoms with Crippen molar-refractivity contribution in [3.05, 3.63) is 17.7 Å². The number of rotatable bonds is 9. The summed E-state index contributed by atoms with van der Waals surface area (Å²) in [6.45, 7) is 8.08. The lowest BCUT2D eigenvalue weighted by Gasteiger charge is -2.56. The predicted octanol–water partition coefficient (Wildman–Crippen LogP) is 3.95. The van der Waals surface area contributed by atoms with E-state index < -0.39 is 46.9 Å². The van der Waals surface area contributed by atoms with Crippen LogP contribution in [0.1, 0.15) is 71.8 Å². The van der Waals surface area contributed by atoms with E-state index in [1.54, 1.807) is 0 Å². The van der Waals surface area contributed by atoms with E-state index in [-0.39, 0.29) is 5.92 Å². The van der Waals surface area contributed by atoms with E-state index in [0.717, 1.165) is 7.11 Å². The largest absolute Gasteiger partial charge is 0.494 e. The molecule has 0 spiro atoms. The first-order chi connectivity index (χ1) is 14.7. The van der Waals surface area contributed by atoms with Gasteiger partial charge in [-0.1, -0.05) is 27.7 Å². The first-order valence-electron chi connectivity index (χ1n) is 10.9. The van der Waals surface area contributed by atoms with Crippen molar-refractivity contribution in [2.24, 2.45) is 5.92 Å². The molecule has 1 aliphatic rings. The normalized spacial score (nSPS) is 19.8. The minimum absolute atomic E-state index is 0.00934. The molecule has 9 nitrogen and oxygen atoms in total. The average Bonchev–Trinajstić information content (AvgIpc) is 2.73. The Morgan fingerprint density at radius 3 is 1.56 bits per heavy atom. The molecule has 2 rings (SSSR count). The summed E-state index contributed by atoms with van der Waals surface area (Å²) in [5.74, 6) is -0.619. The molecule has 11 heteroatoms. The Hall–Kier alpha value is -1.24. The fourth-order valence-corrected chi connectivity index (χ4v) is 6.83. The summed E-state index contributed by atoms with van der Waals surface area (Å²) in [7, 11) is -8.57. The minimum atomic E-state index is -4.81. The van der Waals surface area contributed by atoms with Gasteiger partial charge in [-0.2, -0.15) is 21.9 Å². The van der Waals surface area contributed by atoms with E-state index >= 15 is 0 Å². The molecular weight excluding hydrogens is 458 g/mol. The zero-order valence-electron chi connectivity index (χ0n) is 19.3. The first kappa shape index (κ1) is 27.0. The number of ether oxygens (including phenoxy) is 1. The van der Waals surface area contributed by atoms with Gasteiger partial charge >= 0.3 is 0 Å². The van der Waals surface area contributed by atoms with Crippen molar-refractivity contribution < 1.29 is 35.9 Å². The molecule has 1 fully saturated rings. The van der Waals surface area contributed by atoms with E-state index in [1.165, 1.54) is 17.2 Å². The number of hydrogen-bond acceptors (Lipinski definition) is 7. The summed E-state index contributed by atoms with van der Waals surface area (Å²) >= 11 is 0. The van der Waals surface area contributed by atoms with Crippen molar-refractivity contribution in [2.45, 2.75) is 93.5 Å². The lowest BCUT2D eigenvalue weighted by Crippen LogP contribution is -2.63. The molecule has 1 aromatic rings. The average molecular weight is 494 g/mol. The molecular formula is C21H35NO8S2. The number of benzene rings is 1. The Kier molecular flexibility index (Phi) is 8.06. The molecule has 3 N–H and O–H groups in total. The Labute approximate surface area is 191 Å². The van der Waals surface area contributed by atoms with Crippen molar-refractivity contribution in [3.8, 4) is 5.75 Å². The van der Waals surface area contributed by atoms with Crippen LogP contribution in [0.25, 0.3) is 0 Å².